The second-order valence-electron chi connectivity index (χ2n) is 4.39. The van der Waals surface area contributed by atoms with Crippen LogP contribution in [0.25, 0.3) is 0 Å². The van der Waals surface area contributed by atoms with E-state index in [1.54, 1.807) is 12.1 Å². The number of halogens is 3. The summed E-state index contributed by atoms with van der Waals surface area (Å²) in [5.41, 5.74) is 2.85. The predicted molar refractivity (Wildman–Crippen MR) is 81.2 cm³/mol. The van der Waals surface area contributed by atoms with Gasteiger partial charge in [0.15, 0.2) is 0 Å². The molecular weight excluding hydrogens is 329 g/mol. The first-order chi connectivity index (χ1) is 9.02. The van der Waals surface area contributed by atoms with Gasteiger partial charge in [-0.2, -0.15) is 0 Å². The lowest BCUT2D eigenvalue weighted by atomic mass is 9.95. The van der Waals surface area contributed by atoms with Crippen LogP contribution in [0.3, 0.4) is 0 Å². The molecule has 0 aliphatic rings. The Balaban J connectivity index is 2.52. The van der Waals surface area contributed by atoms with Gasteiger partial charge in [-0.05, 0) is 54.9 Å². The highest BCUT2D eigenvalue weighted by Gasteiger charge is 2.17. The number of benzene rings is 2. The molecule has 0 bridgehead atoms. The molecule has 2 aromatic carbocycles. The molecule has 0 aromatic heterocycles. The minimum Gasteiger partial charge on any atom is -0.309 e. The van der Waals surface area contributed by atoms with Gasteiger partial charge in [0.1, 0.15) is 5.82 Å². The van der Waals surface area contributed by atoms with Crippen molar-refractivity contribution in [1.82, 2.24) is 5.32 Å². The zero-order valence-electron chi connectivity index (χ0n) is 10.7. The van der Waals surface area contributed by atoms with Gasteiger partial charge in [-0.3, -0.25) is 0 Å². The largest absolute Gasteiger partial charge is 0.309 e. The van der Waals surface area contributed by atoms with Crippen molar-refractivity contribution in [2.45, 2.75) is 13.0 Å². The number of aryl methyl sites for hydroxylation is 1. The summed E-state index contributed by atoms with van der Waals surface area (Å²) in [4.78, 5) is 0. The van der Waals surface area contributed by atoms with E-state index in [0.29, 0.717) is 5.02 Å². The average Bonchev–Trinajstić information content (AvgIpc) is 2.36. The van der Waals surface area contributed by atoms with Crippen LogP contribution in [-0.4, -0.2) is 7.05 Å². The van der Waals surface area contributed by atoms with Gasteiger partial charge in [0.05, 0.1) is 6.04 Å². The molecule has 0 radical (unpaired) electrons. The van der Waals surface area contributed by atoms with Gasteiger partial charge in [0.25, 0.3) is 0 Å². The van der Waals surface area contributed by atoms with Crippen molar-refractivity contribution in [3.05, 3.63) is 68.4 Å². The molecule has 0 aliphatic heterocycles. The summed E-state index contributed by atoms with van der Waals surface area (Å²) in [5, 5.41) is 3.85. The predicted octanol–water partition coefficient (Wildman–Crippen LogP) is 4.86. The Bertz CT molecular complexity index is 601. The summed E-state index contributed by atoms with van der Waals surface area (Å²) in [6.45, 7) is 1.96. The fourth-order valence-electron chi connectivity index (χ4n) is 2.14. The molecule has 2 aromatic rings. The fourth-order valence-corrected chi connectivity index (χ4v) is 2.92. The van der Waals surface area contributed by atoms with Gasteiger partial charge in [0, 0.05) is 9.50 Å². The molecular formula is C15H14BrClFN. The maximum atomic E-state index is 13.5. The van der Waals surface area contributed by atoms with Gasteiger partial charge < -0.3 is 5.32 Å². The topological polar surface area (TPSA) is 12.0 Å². The molecule has 100 valence electrons. The van der Waals surface area contributed by atoms with Gasteiger partial charge in [0.2, 0.25) is 0 Å². The van der Waals surface area contributed by atoms with Crippen LogP contribution in [0.5, 0.6) is 0 Å². The van der Waals surface area contributed by atoms with Crippen LogP contribution in [0.2, 0.25) is 5.02 Å². The third-order valence-electron chi connectivity index (χ3n) is 3.11. The third kappa shape index (κ3) is 3.16. The highest BCUT2D eigenvalue weighted by molar-refractivity contribution is 9.10. The van der Waals surface area contributed by atoms with E-state index in [0.717, 1.165) is 21.2 Å². The van der Waals surface area contributed by atoms with E-state index >= 15 is 0 Å². The summed E-state index contributed by atoms with van der Waals surface area (Å²) in [7, 11) is 1.84. The summed E-state index contributed by atoms with van der Waals surface area (Å²) < 4.78 is 14.4. The van der Waals surface area contributed by atoms with E-state index in [9.17, 15) is 4.39 Å². The third-order valence-corrected chi connectivity index (χ3v) is 3.94. The van der Waals surface area contributed by atoms with E-state index in [2.05, 4.69) is 21.2 Å². The lowest BCUT2D eigenvalue weighted by Gasteiger charge is -2.20. The summed E-state index contributed by atoms with van der Waals surface area (Å²) in [6.07, 6.45) is 0. The first kappa shape index (κ1) is 14.5. The number of hydrogen-bond acceptors (Lipinski definition) is 1. The molecule has 1 atom stereocenters. The summed E-state index contributed by atoms with van der Waals surface area (Å²) in [6, 6.07) is 10.4. The minimum absolute atomic E-state index is 0.128. The van der Waals surface area contributed by atoms with Gasteiger partial charge >= 0.3 is 0 Å². The molecule has 0 fully saturated rings. The van der Waals surface area contributed by atoms with Crippen molar-refractivity contribution in [2.24, 2.45) is 0 Å². The van der Waals surface area contributed by atoms with Crippen molar-refractivity contribution in [2.75, 3.05) is 7.05 Å². The molecule has 0 spiro atoms. The van der Waals surface area contributed by atoms with Crippen LogP contribution in [0.4, 0.5) is 4.39 Å². The first-order valence-electron chi connectivity index (χ1n) is 5.91. The van der Waals surface area contributed by atoms with Crippen LogP contribution in [0.1, 0.15) is 22.7 Å². The molecule has 1 nitrogen and oxygen atoms in total. The highest BCUT2D eigenvalue weighted by atomic mass is 79.9. The van der Waals surface area contributed by atoms with E-state index in [4.69, 9.17) is 11.6 Å². The quantitative estimate of drug-likeness (QED) is 0.840. The molecule has 0 saturated heterocycles. The molecule has 1 unspecified atom stereocenters. The van der Waals surface area contributed by atoms with E-state index in [1.807, 2.05) is 32.2 Å². The lowest BCUT2D eigenvalue weighted by molar-refractivity contribution is 0.615. The van der Waals surface area contributed by atoms with Crippen LogP contribution >= 0.6 is 27.5 Å². The zero-order valence-corrected chi connectivity index (χ0v) is 13.0. The number of nitrogens with one attached hydrogen (secondary N) is 1. The van der Waals surface area contributed by atoms with Crippen LogP contribution in [-0.2, 0) is 0 Å². The second kappa shape index (κ2) is 6.04. The highest BCUT2D eigenvalue weighted by Crippen LogP contribution is 2.32. The van der Waals surface area contributed by atoms with Crippen molar-refractivity contribution < 1.29 is 4.39 Å². The van der Waals surface area contributed by atoms with Crippen molar-refractivity contribution in [3.8, 4) is 0 Å². The maximum absolute atomic E-state index is 13.5. The summed E-state index contributed by atoms with van der Waals surface area (Å²) >= 11 is 9.67. The molecule has 4 heteroatoms. The van der Waals surface area contributed by atoms with Crippen molar-refractivity contribution in [1.29, 1.82) is 0 Å². The van der Waals surface area contributed by atoms with E-state index in [-0.39, 0.29) is 11.9 Å². The molecule has 0 aliphatic carbocycles. The zero-order chi connectivity index (χ0) is 14.0. The number of rotatable bonds is 3. The Kier molecular flexibility index (Phi) is 4.61. The van der Waals surface area contributed by atoms with Crippen LogP contribution < -0.4 is 5.32 Å². The lowest BCUT2D eigenvalue weighted by Crippen LogP contribution is -2.19. The summed E-state index contributed by atoms with van der Waals surface area (Å²) in [5.74, 6) is -0.242. The van der Waals surface area contributed by atoms with E-state index < -0.39 is 0 Å². The van der Waals surface area contributed by atoms with Gasteiger partial charge in [-0.15, -0.1) is 0 Å². The van der Waals surface area contributed by atoms with Crippen molar-refractivity contribution in [3.63, 3.8) is 0 Å². The Hall–Kier alpha value is -0.900. The Morgan fingerprint density at radius 1 is 1.16 bits per heavy atom. The normalized spacial score (nSPS) is 12.5. The molecule has 0 amide bonds. The smallest absolute Gasteiger partial charge is 0.123 e. The molecule has 0 saturated carbocycles. The van der Waals surface area contributed by atoms with Crippen LogP contribution in [0, 0.1) is 12.7 Å². The molecule has 0 heterocycles. The Labute approximate surface area is 125 Å². The molecule has 2 rings (SSSR count). The average molecular weight is 343 g/mol. The minimum atomic E-state index is -0.242. The van der Waals surface area contributed by atoms with Crippen molar-refractivity contribution >= 4 is 27.5 Å². The SMILES string of the molecule is CNC(c1cc(F)ccc1C)c1ccc(Br)cc1Cl. The number of hydrogen-bond donors (Lipinski definition) is 1. The van der Waals surface area contributed by atoms with Gasteiger partial charge in [-0.1, -0.05) is 39.7 Å². The molecule has 1 N–H and O–H groups in total. The maximum Gasteiger partial charge on any atom is 0.123 e. The standard InChI is InChI=1S/C15H14BrClFN/c1-9-3-5-11(18)8-13(9)15(19-2)12-6-4-10(16)7-14(12)17/h3-8,15,19H,1-2H3. The fraction of sp³-hybridized carbons (Fsp3) is 0.200. The Morgan fingerprint density at radius 2 is 1.89 bits per heavy atom. The van der Waals surface area contributed by atoms with Crippen LogP contribution in [0.15, 0.2) is 40.9 Å². The van der Waals surface area contributed by atoms with E-state index in [1.165, 1.54) is 6.07 Å². The monoisotopic (exact) mass is 341 g/mol. The first-order valence-corrected chi connectivity index (χ1v) is 7.08. The molecule has 19 heavy (non-hydrogen) atoms. The van der Waals surface area contributed by atoms with Gasteiger partial charge in [-0.25, -0.2) is 4.39 Å². The second-order valence-corrected chi connectivity index (χ2v) is 5.71. The Morgan fingerprint density at radius 3 is 2.53 bits per heavy atom.